The third kappa shape index (κ3) is 10.4. The van der Waals surface area contributed by atoms with E-state index in [9.17, 15) is 61.3 Å². The molecule has 0 spiro atoms. The molecule has 0 amide bonds. The van der Waals surface area contributed by atoms with Crippen molar-refractivity contribution in [3.8, 4) is 0 Å². The second-order valence-electron chi connectivity index (χ2n) is 21.4. The quantitative estimate of drug-likeness (QED) is 0.0641. The normalized spacial score (nSPS) is 39.9. The molecule has 0 bridgehead atoms. The molecule has 0 aromatic rings. The van der Waals surface area contributed by atoms with Gasteiger partial charge in [-0.3, -0.25) is 0 Å². The minimum atomic E-state index is -2.46. The number of allylic oxidation sites excluding steroid dienone is 2. The summed E-state index contributed by atoms with van der Waals surface area (Å²) >= 11 is 0. The third-order valence-electron chi connectivity index (χ3n) is 17.1. The molecule has 0 saturated heterocycles. The summed E-state index contributed by atoms with van der Waals surface area (Å²) in [6.07, 6.45) is -5.82. The van der Waals surface area contributed by atoms with Crippen LogP contribution in [0.25, 0.3) is 0 Å². The highest BCUT2D eigenvalue weighted by molar-refractivity contribution is 5.30. The number of rotatable bonds is 14. The van der Waals surface area contributed by atoms with Crippen molar-refractivity contribution >= 4 is 0 Å². The van der Waals surface area contributed by atoms with Gasteiger partial charge in [0, 0.05) is 38.4 Å². The number of hydrogen-bond acceptors (Lipinski definition) is 17. The summed E-state index contributed by atoms with van der Waals surface area (Å²) in [7, 11) is 0. The van der Waals surface area contributed by atoms with Crippen molar-refractivity contribution in [1.29, 1.82) is 0 Å². The monoisotopic (exact) mass is 929 g/mol. The van der Waals surface area contributed by atoms with Gasteiger partial charge < -0.3 is 85.3 Å². The maximum absolute atomic E-state index is 11.6. The van der Waals surface area contributed by atoms with E-state index in [0.717, 1.165) is 38.5 Å². The SMILES string of the molecule is C[C@H]1CCC2C(=CCC3[C@@]2(C)CC[C@]2(C)[C@@H]([C@H]4CCC(C(C)(C)O)OC(O)/C(=C(/O)C(O)CCOC(O)/C(O)=C(\O)C(O)CCO)OC(O)/C(O)=C(/C(O)CCO)O4)CC[C@@]32C)C1(C)C. The number of aliphatic hydroxyl groups is 13. The lowest BCUT2D eigenvalue weighted by Crippen LogP contribution is -2.59. The second kappa shape index (κ2) is 20.5. The first-order valence-corrected chi connectivity index (χ1v) is 23.5. The van der Waals surface area contributed by atoms with Crippen molar-refractivity contribution in [2.24, 2.45) is 45.3 Å². The van der Waals surface area contributed by atoms with Crippen LogP contribution in [0.4, 0.5) is 0 Å². The Labute approximate surface area is 383 Å². The summed E-state index contributed by atoms with van der Waals surface area (Å²) in [6, 6.07) is 0. The van der Waals surface area contributed by atoms with Gasteiger partial charge in [0.05, 0.1) is 18.3 Å². The van der Waals surface area contributed by atoms with Gasteiger partial charge in [0.25, 0.3) is 6.29 Å². The van der Waals surface area contributed by atoms with Gasteiger partial charge >= 0.3 is 0 Å². The molecule has 0 aromatic heterocycles. The van der Waals surface area contributed by atoms with E-state index in [1.807, 2.05) is 0 Å². The van der Waals surface area contributed by atoms with Gasteiger partial charge in [0.15, 0.2) is 28.8 Å². The molecule has 65 heavy (non-hydrogen) atoms. The first-order chi connectivity index (χ1) is 30.2. The molecule has 5 rings (SSSR count). The molecule has 13 N–H and O–H groups in total. The van der Waals surface area contributed by atoms with Crippen LogP contribution >= 0.6 is 0 Å². The molecule has 374 valence electrons. The third-order valence-corrected chi connectivity index (χ3v) is 17.1. The summed E-state index contributed by atoms with van der Waals surface area (Å²) in [5.41, 5.74) is -0.256. The molecule has 17 heteroatoms. The van der Waals surface area contributed by atoms with E-state index < -0.39 is 116 Å². The second-order valence-corrected chi connectivity index (χ2v) is 21.4. The molecular formula is C48H80O17. The molecule has 1 aliphatic heterocycles. The van der Waals surface area contributed by atoms with E-state index in [4.69, 9.17) is 24.1 Å². The molecule has 4 aliphatic carbocycles. The highest BCUT2D eigenvalue weighted by atomic mass is 16.7. The lowest BCUT2D eigenvalue weighted by Gasteiger charge is -2.66. The van der Waals surface area contributed by atoms with Crippen LogP contribution in [-0.2, 0) is 18.9 Å². The van der Waals surface area contributed by atoms with Crippen LogP contribution in [-0.4, -0.2) is 141 Å². The van der Waals surface area contributed by atoms with Crippen LogP contribution in [0.2, 0.25) is 0 Å². The minimum Gasteiger partial charge on any atom is -0.506 e. The zero-order valence-electron chi connectivity index (χ0n) is 39.6. The van der Waals surface area contributed by atoms with Crippen molar-refractivity contribution in [1.82, 2.24) is 0 Å². The lowest BCUT2D eigenvalue weighted by atomic mass is 9.39. The summed E-state index contributed by atoms with van der Waals surface area (Å²) in [6.45, 7) is 15.6. The number of hydrogen-bond donors (Lipinski definition) is 13. The van der Waals surface area contributed by atoms with E-state index in [1.54, 1.807) is 5.57 Å². The smallest absolute Gasteiger partial charge is 0.259 e. The Morgan fingerprint density at radius 2 is 1.46 bits per heavy atom. The Balaban J connectivity index is 1.48. The molecule has 15 atom stereocenters. The van der Waals surface area contributed by atoms with E-state index in [0.29, 0.717) is 17.8 Å². The van der Waals surface area contributed by atoms with Gasteiger partial charge in [-0.2, -0.15) is 0 Å². The largest absolute Gasteiger partial charge is 0.506 e. The van der Waals surface area contributed by atoms with Gasteiger partial charge in [-0.15, -0.1) is 0 Å². The average Bonchev–Trinajstić information content (AvgIpc) is 3.51. The lowest BCUT2D eigenvalue weighted by molar-refractivity contribution is -0.208. The van der Waals surface area contributed by atoms with Crippen LogP contribution in [0.1, 0.15) is 132 Å². The Bertz CT molecular complexity index is 1770. The Morgan fingerprint density at radius 3 is 2.09 bits per heavy atom. The topological polar surface area (TPSA) is 300 Å². The van der Waals surface area contributed by atoms with Crippen molar-refractivity contribution in [2.45, 2.75) is 187 Å². The zero-order chi connectivity index (χ0) is 48.6. The fourth-order valence-electron chi connectivity index (χ4n) is 12.5. The molecule has 17 nitrogen and oxygen atoms in total. The molecule has 3 saturated carbocycles. The fraction of sp³-hybridized carbons (Fsp3) is 0.833. The Kier molecular flexibility index (Phi) is 16.8. The maximum atomic E-state index is 11.6. The average molecular weight is 929 g/mol. The fourth-order valence-corrected chi connectivity index (χ4v) is 12.5. The molecule has 5 aliphatic rings. The van der Waals surface area contributed by atoms with E-state index >= 15 is 0 Å². The van der Waals surface area contributed by atoms with Crippen LogP contribution in [0.15, 0.2) is 46.2 Å². The maximum Gasteiger partial charge on any atom is 0.259 e. The molecular weight excluding hydrogens is 849 g/mol. The predicted molar refractivity (Wildman–Crippen MR) is 236 cm³/mol. The van der Waals surface area contributed by atoms with Crippen molar-refractivity contribution in [3.05, 3.63) is 46.2 Å². The van der Waals surface area contributed by atoms with E-state index in [2.05, 4.69) is 47.6 Å². The first-order valence-electron chi connectivity index (χ1n) is 23.5. The minimum absolute atomic E-state index is 0.0446. The molecule has 0 aromatic carbocycles. The van der Waals surface area contributed by atoms with Gasteiger partial charge in [0.1, 0.15) is 24.4 Å². The highest BCUT2D eigenvalue weighted by Gasteiger charge is 2.68. The van der Waals surface area contributed by atoms with Crippen molar-refractivity contribution in [2.75, 3.05) is 19.8 Å². The summed E-state index contributed by atoms with van der Waals surface area (Å²) in [5, 5.41) is 138. The van der Waals surface area contributed by atoms with Crippen LogP contribution in [0.5, 0.6) is 0 Å². The van der Waals surface area contributed by atoms with Crippen LogP contribution in [0.3, 0.4) is 0 Å². The summed E-state index contributed by atoms with van der Waals surface area (Å²) < 4.78 is 23.2. The van der Waals surface area contributed by atoms with Crippen molar-refractivity contribution in [3.63, 3.8) is 0 Å². The standard InChI is InChI=1S/C48H80O17/c1-25-9-10-27-26(44(25,2)3)11-13-33-46(27,6)20-21-47(7)28(15-19-48(33,47)8)32-12-14-34(45(4,5)61)64-43(60)40(65-42(59)38(57)39(63-32)31(53)17-23-50)36(55)30(52)18-24-62-41(58)37(56)35(54)29(51)16-22-49/h11,25,27-34,41-43,49-61H,9-10,12-24H2,1-8H3/b37-35+,39-38+,40-36-/t25-,27?,28+,29?,30?,31?,32+,33?,34?,41?,42?,43?,46-,47+,48-/m0/s1. The molecule has 0 radical (unpaired) electrons. The van der Waals surface area contributed by atoms with Gasteiger partial charge in [-0.25, -0.2) is 0 Å². The summed E-state index contributed by atoms with van der Waals surface area (Å²) in [4.78, 5) is 0. The Hall–Kier alpha value is -2.68. The van der Waals surface area contributed by atoms with Gasteiger partial charge in [-0.1, -0.05) is 53.2 Å². The van der Waals surface area contributed by atoms with Gasteiger partial charge in [-0.05, 0) is 111 Å². The van der Waals surface area contributed by atoms with Crippen molar-refractivity contribution < 1.29 is 85.3 Å². The first kappa shape index (κ1) is 53.3. The van der Waals surface area contributed by atoms with E-state index in [1.165, 1.54) is 20.3 Å². The van der Waals surface area contributed by atoms with Gasteiger partial charge in [0.2, 0.25) is 18.3 Å². The molecule has 3 fully saturated rings. The number of fused-ring (bicyclic) bond motifs is 5. The molecule has 9 unspecified atom stereocenters. The van der Waals surface area contributed by atoms with Crippen LogP contribution in [0, 0.1) is 45.3 Å². The van der Waals surface area contributed by atoms with E-state index in [-0.39, 0.29) is 53.3 Å². The highest BCUT2D eigenvalue weighted by Crippen LogP contribution is 2.75. The number of aliphatic hydroxyl groups excluding tert-OH is 12. The Morgan fingerprint density at radius 1 is 0.800 bits per heavy atom. The van der Waals surface area contributed by atoms with Crippen LogP contribution < -0.4 is 0 Å². The summed E-state index contributed by atoms with van der Waals surface area (Å²) in [5.74, 6) is -4.57. The predicted octanol–water partition coefficient (Wildman–Crippen LogP) is 4.66. The number of ether oxygens (including phenoxy) is 4. The zero-order valence-corrected chi connectivity index (χ0v) is 39.6. The molecule has 1 heterocycles.